The van der Waals surface area contributed by atoms with E-state index in [0.717, 1.165) is 16.5 Å². The topological polar surface area (TPSA) is 86.8 Å². The normalized spacial score (nSPS) is 14.2. The van der Waals surface area contributed by atoms with Crippen molar-refractivity contribution >= 4 is 49.9 Å². The lowest BCUT2D eigenvalue weighted by Crippen LogP contribution is -2.49. The van der Waals surface area contributed by atoms with Gasteiger partial charge in [0, 0.05) is 43.4 Å². The van der Waals surface area contributed by atoms with Gasteiger partial charge in [-0.25, -0.2) is 8.42 Å². The Kier molecular flexibility index (Phi) is 8.09. The molecule has 9 heteroatoms. The second kappa shape index (κ2) is 11.7. The number of likely N-dealkylation sites (N-methyl/N-ethyl adjacent to an activating group) is 1. The Morgan fingerprint density at radius 1 is 0.925 bits per heavy atom. The molecule has 206 valence electrons. The Labute approximate surface area is 239 Å². The standard InChI is InChI=1S/C31H30ClN3O4S/c1-33-31(37)27(20-22-9-3-2-4-10-22)34(21-23-11-5-14-25(32)19-23)29(36)17-8-18-35-26-15-6-12-24-13-7-16-28(30(24)26)40(35,38)39/h2-7,9-16,19,27H,8,17-18,20-21H2,1H3,(H,33,37). The van der Waals surface area contributed by atoms with Crippen LogP contribution in [-0.2, 0) is 32.6 Å². The van der Waals surface area contributed by atoms with Gasteiger partial charge in [-0.05, 0) is 47.2 Å². The van der Waals surface area contributed by atoms with Gasteiger partial charge >= 0.3 is 0 Å². The van der Waals surface area contributed by atoms with Crippen LogP contribution in [0.2, 0.25) is 5.02 Å². The summed E-state index contributed by atoms with van der Waals surface area (Å²) < 4.78 is 28.1. The predicted octanol–water partition coefficient (Wildman–Crippen LogP) is 5.17. The lowest BCUT2D eigenvalue weighted by Gasteiger charge is -2.31. The van der Waals surface area contributed by atoms with Crippen molar-refractivity contribution in [3.05, 3.63) is 107 Å². The number of nitrogens with one attached hydrogen (secondary N) is 1. The van der Waals surface area contributed by atoms with E-state index in [1.165, 1.54) is 4.31 Å². The summed E-state index contributed by atoms with van der Waals surface area (Å²) in [6.07, 6.45) is 0.701. The van der Waals surface area contributed by atoms with Crippen molar-refractivity contribution in [3.8, 4) is 0 Å². The zero-order chi connectivity index (χ0) is 28.3. The van der Waals surface area contributed by atoms with E-state index >= 15 is 0 Å². The number of amides is 2. The third kappa shape index (κ3) is 5.55. The first kappa shape index (κ1) is 27.7. The number of halogens is 1. The molecule has 0 saturated carbocycles. The molecule has 7 nitrogen and oxygen atoms in total. The van der Waals surface area contributed by atoms with Gasteiger partial charge in [-0.2, -0.15) is 0 Å². The number of carbonyl (C=O) groups is 2. The second-order valence-corrected chi connectivity index (χ2v) is 12.1. The lowest BCUT2D eigenvalue weighted by atomic mass is 10.0. The molecule has 0 fully saturated rings. The van der Waals surface area contributed by atoms with Crippen LogP contribution in [0.25, 0.3) is 10.8 Å². The molecule has 1 atom stereocenters. The minimum Gasteiger partial charge on any atom is -0.357 e. The fourth-order valence-electron chi connectivity index (χ4n) is 5.27. The van der Waals surface area contributed by atoms with E-state index in [1.54, 1.807) is 42.3 Å². The van der Waals surface area contributed by atoms with Crippen molar-refractivity contribution in [3.63, 3.8) is 0 Å². The van der Waals surface area contributed by atoms with E-state index in [0.29, 0.717) is 28.9 Å². The Hall–Kier alpha value is -3.88. The van der Waals surface area contributed by atoms with E-state index < -0.39 is 16.1 Å². The van der Waals surface area contributed by atoms with E-state index in [1.807, 2.05) is 60.7 Å². The molecule has 5 rings (SSSR count). The van der Waals surface area contributed by atoms with Crippen molar-refractivity contribution in [2.24, 2.45) is 0 Å². The van der Waals surface area contributed by atoms with Crippen molar-refractivity contribution in [1.82, 2.24) is 10.2 Å². The molecule has 0 bridgehead atoms. The molecular weight excluding hydrogens is 546 g/mol. The summed E-state index contributed by atoms with van der Waals surface area (Å²) in [4.78, 5) is 28.7. The van der Waals surface area contributed by atoms with E-state index in [4.69, 9.17) is 11.6 Å². The summed E-state index contributed by atoms with van der Waals surface area (Å²) >= 11 is 6.22. The molecule has 4 aromatic carbocycles. The highest BCUT2D eigenvalue weighted by atomic mass is 35.5. The number of carbonyl (C=O) groups excluding carboxylic acids is 2. The van der Waals surface area contributed by atoms with Crippen LogP contribution in [0.4, 0.5) is 5.69 Å². The molecule has 1 aliphatic rings. The summed E-state index contributed by atoms with van der Waals surface area (Å²) in [6, 6.07) is 26.8. The number of hydrogen-bond donors (Lipinski definition) is 1. The molecule has 1 aliphatic heterocycles. The van der Waals surface area contributed by atoms with Crippen LogP contribution in [0.3, 0.4) is 0 Å². The monoisotopic (exact) mass is 575 g/mol. The highest BCUT2D eigenvalue weighted by Gasteiger charge is 2.35. The van der Waals surface area contributed by atoms with Crippen LogP contribution in [0.1, 0.15) is 24.0 Å². The Bertz CT molecular complexity index is 1650. The molecule has 1 heterocycles. The van der Waals surface area contributed by atoms with Gasteiger partial charge in [-0.15, -0.1) is 0 Å². The molecule has 0 saturated heterocycles. The maximum absolute atomic E-state index is 13.8. The van der Waals surface area contributed by atoms with Crippen LogP contribution in [0.15, 0.2) is 95.9 Å². The first-order valence-electron chi connectivity index (χ1n) is 13.1. The summed E-state index contributed by atoms with van der Waals surface area (Å²) in [5.74, 6) is -0.514. The number of benzene rings is 4. The molecule has 0 aliphatic carbocycles. The Morgan fingerprint density at radius 2 is 1.62 bits per heavy atom. The maximum Gasteiger partial charge on any atom is 0.265 e. The zero-order valence-corrected chi connectivity index (χ0v) is 23.7. The van der Waals surface area contributed by atoms with Crippen LogP contribution in [0, 0.1) is 0 Å². The minimum atomic E-state index is -3.71. The quantitative estimate of drug-likeness (QED) is 0.283. The van der Waals surface area contributed by atoms with Gasteiger partial charge in [0.1, 0.15) is 6.04 Å². The fourth-order valence-corrected chi connectivity index (χ4v) is 7.23. The van der Waals surface area contributed by atoms with Crippen molar-refractivity contribution in [2.75, 3.05) is 17.9 Å². The number of nitrogens with zero attached hydrogens (tertiary/aromatic N) is 2. The van der Waals surface area contributed by atoms with Crippen LogP contribution in [0.5, 0.6) is 0 Å². The summed E-state index contributed by atoms with van der Waals surface area (Å²) in [6.45, 7) is 0.341. The fraction of sp³-hybridized carbons (Fsp3) is 0.226. The number of hydrogen-bond acceptors (Lipinski definition) is 4. The van der Waals surface area contributed by atoms with E-state index in [2.05, 4.69) is 5.32 Å². The van der Waals surface area contributed by atoms with Gasteiger partial charge in [0.15, 0.2) is 0 Å². The number of rotatable bonds is 10. The predicted molar refractivity (Wildman–Crippen MR) is 158 cm³/mol. The number of anilines is 1. The minimum absolute atomic E-state index is 0.0706. The summed E-state index contributed by atoms with van der Waals surface area (Å²) in [5, 5.41) is 4.81. The molecule has 1 N–H and O–H groups in total. The van der Waals surface area contributed by atoms with Gasteiger partial charge in [0.2, 0.25) is 11.8 Å². The summed E-state index contributed by atoms with van der Waals surface area (Å²) in [7, 11) is -2.16. The molecule has 0 radical (unpaired) electrons. The highest BCUT2D eigenvalue weighted by Crippen LogP contribution is 2.42. The van der Waals surface area contributed by atoms with Gasteiger partial charge in [-0.3, -0.25) is 13.9 Å². The van der Waals surface area contributed by atoms with Crippen LogP contribution in [-0.4, -0.2) is 44.8 Å². The van der Waals surface area contributed by atoms with Crippen molar-refractivity contribution in [1.29, 1.82) is 0 Å². The van der Waals surface area contributed by atoms with Crippen molar-refractivity contribution < 1.29 is 18.0 Å². The highest BCUT2D eigenvalue weighted by molar-refractivity contribution is 7.93. The largest absolute Gasteiger partial charge is 0.357 e. The second-order valence-electron chi connectivity index (χ2n) is 9.78. The zero-order valence-electron chi connectivity index (χ0n) is 22.1. The molecule has 1 unspecified atom stereocenters. The SMILES string of the molecule is CNC(=O)C(Cc1ccccc1)N(Cc1cccc(Cl)c1)C(=O)CCCN1c2cccc3cccc(c23)S1(=O)=O. The Morgan fingerprint density at radius 3 is 2.35 bits per heavy atom. The number of sulfonamides is 1. The molecule has 2 amide bonds. The third-order valence-corrected chi connectivity index (χ3v) is 9.28. The van der Waals surface area contributed by atoms with Crippen LogP contribution >= 0.6 is 11.6 Å². The first-order valence-corrected chi connectivity index (χ1v) is 15.0. The average molecular weight is 576 g/mol. The molecule has 4 aromatic rings. The molecule has 40 heavy (non-hydrogen) atoms. The van der Waals surface area contributed by atoms with Gasteiger partial charge in [-0.1, -0.05) is 78.3 Å². The van der Waals surface area contributed by atoms with E-state index in [9.17, 15) is 18.0 Å². The first-order chi connectivity index (χ1) is 19.3. The van der Waals surface area contributed by atoms with E-state index in [-0.39, 0.29) is 36.2 Å². The average Bonchev–Trinajstić information content (AvgIpc) is 3.18. The van der Waals surface area contributed by atoms with Crippen LogP contribution < -0.4 is 9.62 Å². The molecule has 0 aromatic heterocycles. The van der Waals surface area contributed by atoms with Gasteiger partial charge in [0.25, 0.3) is 10.0 Å². The Balaban J connectivity index is 1.38. The smallest absolute Gasteiger partial charge is 0.265 e. The molecular formula is C31H30ClN3O4S. The van der Waals surface area contributed by atoms with Gasteiger partial charge in [0.05, 0.1) is 10.6 Å². The third-order valence-electron chi connectivity index (χ3n) is 7.19. The summed E-state index contributed by atoms with van der Waals surface area (Å²) in [5.41, 5.74) is 2.35. The van der Waals surface area contributed by atoms with Crippen molar-refractivity contribution in [2.45, 2.75) is 36.7 Å². The molecule has 0 spiro atoms. The van der Waals surface area contributed by atoms with Gasteiger partial charge < -0.3 is 10.2 Å². The maximum atomic E-state index is 13.8. The lowest BCUT2D eigenvalue weighted by molar-refractivity contribution is -0.141.